The Labute approximate surface area is 92.7 Å². The lowest BCUT2D eigenvalue weighted by molar-refractivity contribution is -0.146. The summed E-state index contributed by atoms with van der Waals surface area (Å²) in [5.41, 5.74) is 0. The molecule has 0 radical (unpaired) electrons. The minimum Gasteiger partial charge on any atom is -0.463 e. The molecule has 0 amide bonds. The lowest BCUT2D eigenvalue weighted by atomic mass is 10.1. The minimum absolute atomic E-state index is 0.143. The van der Waals surface area contributed by atoms with Crippen molar-refractivity contribution in [2.24, 2.45) is 5.92 Å². The molecular weight excluding hydrogens is 188 g/mol. The number of esters is 1. The first-order chi connectivity index (χ1) is 7.22. The molecule has 0 bridgehead atoms. The molecule has 86 valence electrons. The van der Waals surface area contributed by atoms with Crippen molar-refractivity contribution in [3.63, 3.8) is 0 Å². The van der Waals surface area contributed by atoms with Crippen molar-refractivity contribution in [3.05, 3.63) is 12.2 Å². The zero-order valence-electron chi connectivity index (χ0n) is 9.87. The van der Waals surface area contributed by atoms with Crippen LogP contribution in [-0.2, 0) is 9.53 Å². The van der Waals surface area contributed by atoms with Crippen LogP contribution >= 0.6 is 0 Å². The SMILES string of the molecule is CCCCC=CC1CCC(OC(C)=O)C1. The summed E-state index contributed by atoms with van der Waals surface area (Å²) >= 11 is 0. The molecule has 2 nitrogen and oxygen atoms in total. The largest absolute Gasteiger partial charge is 0.463 e. The summed E-state index contributed by atoms with van der Waals surface area (Å²) in [4.78, 5) is 10.8. The standard InChI is InChI=1S/C13H22O2/c1-3-4-5-6-7-12-8-9-13(10-12)15-11(2)14/h6-7,12-13H,3-5,8-10H2,1-2H3. The molecule has 0 spiro atoms. The Hall–Kier alpha value is -0.790. The zero-order chi connectivity index (χ0) is 11.1. The van der Waals surface area contributed by atoms with Crippen LogP contribution in [0.15, 0.2) is 12.2 Å². The van der Waals surface area contributed by atoms with Crippen molar-refractivity contribution in [1.82, 2.24) is 0 Å². The summed E-state index contributed by atoms with van der Waals surface area (Å²) in [5, 5.41) is 0. The van der Waals surface area contributed by atoms with Gasteiger partial charge >= 0.3 is 5.97 Å². The molecule has 0 aromatic carbocycles. The number of carbonyl (C=O) groups excluding carboxylic acids is 1. The Morgan fingerprint density at radius 2 is 2.27 bits per heavy atom. The molecule has 1 saturated carbocycles. The first-order valence-corrected chi connectivity index (χ1v) is 6.06. The topological polar surface area (TPSA) is 26.3 Å². The molecule has 0 heterocycles. The van der Waals surface area contributed by atoms with Crippen LogP contribution in [0.5, 0.6) is 0 Å². The van der Waals surface area contributed by atoms with Gasteiger partial charge in [0.2, 0.25) is 0 Å². The molecule has 0 aliphatic heterocycles. The van der Waals surface area contributed by atoms with E-state index in [9.17, 15) is 4.79 Å². The van der Waals surface area contributed by atoms with Crippen molar-refractivity contribution < 1.29 is 9.53 Å². The van der Waals surface area contributed by atoms with E-state index < -0.39 is 0 Å². The minimum atomic E-state index is -0.143. The first kappa shape index (κ1) is 12.3. The van der Waals surface area contributed by atoms with E-state index in [0.29, 0.717) is 5.92 Å². The highest BCUT2D eigenvalue weighted by atomic mass is 16.5. The fraction of sp³-hybridized carbons (Fsp3) is 0.769. The van der Waals surface area contributed by atoms with Crippen LogP contribution in [0.2, 0.25) is 0 Å². The van der Waals surface area contributed by atoms with Gasteiger partial charge in [0.1, 0.15) is 6.10 Å². The zero-order valence-corrected chi connectivity index (χ0v) is 9.87. The van der Waals surface area contributed by atoms with Gasteiger partial charge in [-0.05, 0) is 31.6 Å². The Bertz CT molecular complexity index is 221. The van der Waals surface area contributed by atoms with Crippen LogP contribution in [-0.4, -0.2) is 12.1 Å². The quantitative estimate of drug-likeness (QED) is 0.394. The Morgan fingerprint density at radius 1 is 1.47 bits per heavy atom. The van der Waals surface area contributed by atoms with Gasteiger partial charge in [-0.2, -0.15) is 0 Å². The number of hydrogen-bond acceptors (Lipinski definition) is 2. The van der Waals surface area contributed by atoms with Crippen molar-refractivity contribution in [3.8, 4) is 0 Å². The second-order valence-electron chi connectivity index (χ2n) is 4.37. The van der Waals surface area contributed by atoms with Crippen LogP contribution in [0.25, 0.3) is 0 Å². The van der Waals surface area contributed by atoms with Crippen molar-refractivity contribution in [2.45, 2.75) is 58.5 Å². The highest BCUT2D eigenvalue weighted by Crippen LogP contribution is 2.29. The second-order valence-corrected chi connectivity index (χ2v) is 4.37. The molecular formula is C13H22O2. The second kappa shape index (κ2) is 6.65. The number of rotatable bonds is 5. The normalized spacial score (nSPS) is 26.0. The molecule has 1 fully saturated rings. The maximum Gasteiger partial charge on any atom is 0.302 e. The third kappa shape index (κ3) is 5.01. The molecule has 2 heteroatoms. The maximum atomic E-state index is 10.8. The smallest absolute Gasteiger partial charge is 0.302 e. The Balaban J connectivity index is 2.18. The van der Waals surface area contributed by atoms with Crippen molar-refractivity contribution in [2.75, 3.05) is 0 Å². The van der Waals surface area contributed by atoms with Crippen LogP contribution < -0.4 is 0 Å². The van der Waals surface area contributed by atoms with E-state index >= 15 is 0 Å². The van der Waals surface area contributed by atoms with E-state index in [2.05, 4.69) is 19.1 Å². The van der Waals surface area contributed by atoms with Gasteiger partial charge in [-0.25, -0.2) is 0 Å². The molecule has 15 heavy (non-hydrogen) atoms. The van der Waals surface area contributed by atoms with Gasteiger partial charge in [0, 0.05) is 6.92 Å². The summed E-state index contributed by atoms with van der Waals surface area (Å²) in [5.74, 6) is 0.488. The third-order valence-corrected chi connectivity index (χ3v) is 2.89. The highest BCUT2D eigenvalue weighted by molar-refractivity contribution is 5.66. The number of allylic oxidation sites excluding steroid dienone is 2. The molecule has 0 aromatic rings. The first-order valence-electron chi connectivity index (χ1n) is 6.06. The van der Waals surface area contributed by atoms with E-state index in [1.807, 2.05) is 0 Å². The molecule has 2 atom stereocenters. The van der Waals surface area contributed by atoms with E-state index in [4.69, 9.17) is 4.74 Å². The number of ether oxygens (including phenoxy) is 1. The molecule has 0 aromatic heterocycles. The fourth-order valence-electron chi connectivity index (χ4n) is 2.10. The van der Waals surface area contributed by atoms with Gasteiger partial charge < -0.3 is 4.74 Å². The van der Waals surface area contributed by atoms with E-state index in [1.165, 1.54) is 32.6 Å². The third-order valence-electron chi connectivity index (χ3n) is 2.89. The molecule has 2 unspecified atom stereocenters. The average molecular weight is 210 g/mol. The summed E-state index contributed by atoms with van der Waals surface area (Å²) in [6.45, 7) is 3.70. The summed E-state index contributed by atoms with van der Waals surface area (Å²) in [6.07, 6.45) is 11.7. The van der Waals surface area contributed by atoms with Crippen LogP contribution in [0.1, 0.15) is 52.4 Å². The molecule has 0 saturated heterocycles. The van der Waals surface area contributed by atoms with Crippen LogP contribution in [0.3, 0.4) is 0 Å². The van der Waals surface area contributed by atoms with Gasteiger partial charge in [-0.1, -0.05) is 31.9 Å². The van der Waals surface area contributed by atoms with Crippen molar-refractivity contribution in [1.29, 1.82) is 0 Å². The Kier molecular flexibility index (Phi) is 5.44. The van der Waals surface area contributed by atoms with Gasteiger partial charge in [-0.15, -0.1) is 0 Å². The van der Waals surface area contributed by atoms with E-state index in [-0.39, 0.29) is 12.1 Å². The van der Waals surface area contributed by atoms with E-state index in [0.717, 1.165) is 12.8 Å². The molecule has 0 N–H and O–H groups in total. The molecule has 1 aliphatic carbocycles. The van der Waals surface area contributed by atoms with Gasteiger partial charge in [-0.3, -0.25) is 4.79 Å². The summed E-state index contributed by atoms with van der Waals surface area (Å²) in [6, 6.07) is 0. The summed E-state index contributed by atoms with van der Waals surface area (Å²) in [7, 11) is 0. The van der Waals surface area contributed by atoms with E-state index in [1.54, 1.807) is 0 Å². The number of unbranched alkanes of at least 4 members (excludes halogenated alkanes) is 2. The average Bonchev–Trinajstić information content (AvgIpc) is 2.59. The highest BCUT2D eigenvalue weighted by Gasteiger charge is 2.24. The fourth-order valence-corrected chi connectivity index (χ4v) is 2.10. The summed E-state index contributed by atoms with van der Waals surface area (Å²) < 4.78 is 5.20. The van der Waals surface area contributed by atoms with Crippen molar-refractivity contribution >= 4 is 5.97 Å². The molecule has 1 aliphatic rings. The predicted octanol–water partition coefficient (Wildman–Crippen LogP) is 3.46. The van der Waals surface area contributed by atoms with Crippen LogP contribution in [0.4, 0.5) is 0 Å². The number of hydrogen-bond donors (Lipinski definition) is 0. The lowest BCUT2D eigenvalue weighted by Gasteiger charge is -2.09. The lowest BCUT2D eigenvalue weighted by Crippen LogP contribution is -2.11. The molecule has 1 rings (SSSR count). The predicted molar refractivity (Wildman–Crippen MR) is 61.6 cm³/mol. The van der Waals surface area contributed by atoms with Gasteiger partial charge in [0.15, 0.2) is 0 Å². The van der Waals surface area contributed by atoms with Crippen LogP contribution in [0, 0.1) is 5.92 Å². The Morgan fingerprint density at radius 3 is 2.93 bits per heavy atom. The van der Waals surface area contributed by atoms with Gasteiger partial charge in [0.25, 0.3) is 0 Å². The number of carbonyl (C=O) groups is 1. The maximum absolute atomic E-state index is 10.8. The monoisotopic (exact) mass is 210 g/mol. The van der Waals surface area contributed by atoms with Gasteiger partial charge in [0.05, 0.1) is 0 Å².